The van der Waals surface area contributed by atoms with Crippen LogP contribution in [0.5, 0.6) is 0 Å². The third kappa shape index (κ3) is 4.97. The highest BCUT2D eigenvalue weighted by Gasteiger charge is 2.16. The van der Waals surface area contributed by atoms with E-state index < -0.39 is 0 Å². The summed E-state index contributed by atoms with van der Waals surface area (Å²) in [7, 11) is 0. The number of hydrogen-bond donors (Lipinski definition) is 0. The van der Waals surface area contributed by atoms with Crippen molar-refractivity contribution in [2.45, 2.75) is 19.8 Å². The van der Waals surface area contributed by atoms with Gasteiger partial charge in [-0.1, -0.05) is 116 Å². The van der Waals surface area contributed by atoms with Crippen LogP contribution in [0.25, 0.3) is 93.6 Å². The third-order valence-corrected chi connectivity index (χ3v) is 11.2. The second-order valence-corrected chi connectivity index (χ2v) is 14.4. The van der Waals surface area contributed by atoms with Gasteiger partial charge in [0.2, 0.25) is 0 Å². The van der Waals surface area contributed by atoms with Crippen LogP contribution >= 0.6 is 0 Å². The average molecular weight is 694 g/mol. The van der Waals surface area contributed by atoms with E-state index in [-0.39, 0.29) is 0 Å². The lowest BCUT2D eigenvalue weighted by atomic mass is 9.97. The normalized spacial score (nSPS) is 11.9. The summed E-state index contributed by atoms with van der Waals surface area (Å²) in [6.07, 6.45) is 1.87. The van der Waals surface area contributed by atoms with Crippen molar-refractivity contribution in [3.05, 3.63) is 187 Å². The number of hydrogen-bond acceptors (Lipinski definition) is 2. The van der Waals surface area contributed by atoms with Crippen LogP contribution in [0.4, 0.5) is 0 Å². The van der Waals surface area contributed by atoms with Crippen molar-refractivity contribution >= 4 is 65.7 Å². The van der Waals surface area contributed by atoms with Crippen LogP contribution in [-0.2, 0) is 12.8 Å². The molecule has 0 aliphatic carbocycles. The molecule has 0 spiro atoms. The van der Waals surface area contributed by atoms with Gasteiger partial charge in [0.15, 0.2) is 0 Å². The van der Waals surface area contributed by atoms with Crippen LogP contribution in [0.1, 0.15) is 23.6 Å². The van der Waals surface area contributed by atoms with Crippen LogP contribution in [0.3, 0.4) is 0 Å². The lowest BCUT2D eigenvalue weighted by Gasteiger charge is -2.09. The minimum absolute atomic E-state index is 0.826. The third-order valence-electron chi connectivity index (χ3n) is 11.2. The predicted octanol–water partition coefficient (Wildman–Crippen LogP) is 14.1. The second-order valence-electron chi connectivity index (χ2n) is 14.4. The number of aryl methyl sites for hydroxylation is 1. The first-order valence-electron chi connectivity index (χ1n) is 18.8. The van der Waals surface area contributed by atoms with E-state index in [9.17, 15) is 0 Å². The zero-order valence-corrected chi connectivity index (χ0v) is 29.8. The highest BCUT2D eigenvalue weighted by molar-refractivity contribution is 6.12. The summed E-state index contributed by atoms with van der Waals surface area (Å²) in [5.74, 6) is 0. The molecule has 11 aromatic rings. The number of aromatic nitrogens is 1. The monoisotopic (exact) mass is 693 g/mol. The fourth-order valence-electron chi connectivity index (χ4n) is 8.42. The van der Waals surface area contributed by atoms with Crippen LogP contribution in [0.2, 0.25) is 0 Å². The molecular weight excluding hydrogens is 659 g/mol. The lowest BCUT2D eigenvalue weighted by Crippen LogP contribution is -1.93. The van der Waals surface area contributed by atoms with E-state index in [1.54, 1.807) is 0 Å². The maximum absolute atomic E-state index is 6.41. The summed E-state index contributed by atoms with van der Waals surface area (Å²) < 4.78 is 15.0. The summed E-state index contributed by atoms with van der Waals surface area (Å²) in [6.45, 7) is 2.20. The number of nitrogens with zero attached hydrogens (tertiary/aromatic N) is 1. The van der Waals surface area contributed by atoms with E-state index in [4.69, 9.17) is 8.83 Å². The van der Waals surface area contributed by atoms with Crippen molar-refractivity contribution in [3.8, 4) is 27.9 Å². The SMILES string of the molecule is CCc1ccc(-c2ccc3c(c2)c2ccccc2n3-c2ccc3oc4ccc(-c5cccc(Cc6ccc7c(c6)oc6ccccc67)c5)cc4c3c2)cc1. The van der Waals surface area contributed by atoms with Gasteiger partial charge in [0, 0.05) is 38.0 Å². The van der Waals surface area contributed by atoms with Crippen LogP contribution in [0.15, 0.2) is 179 Å². The summed E-state index contributed by atoms with van der Waals surface area (Å²) in [4.78, 5) is 0. The molecule has 0 saturated heterocycles. The molecule has 3 nitrogen and oxygen atoms in total. The van der Waals surface area contributed by atoms with Crippen molar-refractivity contribution in [2.75, 3.05) is 0 Å². The molecule has 0 atom stereocenters. The number of benzene rings is 8. The molecule has 3 heterocycles. The molecular formula is C51H35NO2. The van der Waals surface area contributed by atoms with Gasteiger partial charge in [-0.2, -0.15) is 0 Å². The molecule has 8 aromatic carbocycles. The highest BCUT2D eigenvalue weighted by atomic mass is 16.3. The summed E-state index contributed by atoms with van der Waals surface area (Å²) in [5.41, 5.74) is 15.8. The molecule has 0 unspecified atom stereocenters. The quantitative estimate of drug-likeness (QED) is 0.174. The molecule has 3 heteroatoms. The Bertz CT molecular complexity index is 3230. The van der Waals surface area contributed by atoms with Gasteiger partial charge in [0.05, 0.1) is 11.0 Å². The van der Waals surface area contributed by atoms with Gasteiger partial charge in [0.1, 0.15) is 22.3 Å². The fourth-order valence-corrected chi connectivity index (χ4v) is 8.42. The fraction of sp³-hybridized carbons (Fsp3) is 0.0588. The summed E-state index contributed by atoms with van der Waals surface area (Å²) in [6, 6.07) is 61.4. The molecule has 0 N–H and O–H groups in total. The molecule has 0 saturated carbocycles. The number of para-hydroxylation sites is 2. The molecule has 3 aromatic heterocycles. The Kier molecular flexibility index (Phi) is 6.90. The Morgan fingerprint density at radius 2 is 0.981 bits per heavy atom. The standard InChI is InChI=1S/C51H35NO2/c1-2-32-14-17-35(18-15-32)37-19-23-47-43(29-37)40-10-3-5-12-46(40)52(47)39-21-25-50-45(31-39)44-30-38(20-24-49(44)53-50)36-9-7-8-33(27-36)26-34-16-22-42-41-11-4-6-13-48(41)54-51(42)28-34/h3-25,27-31H,2,26H2,1H3. The molecule has 0 amide bonds. The van der Waals surface area contributed by atoms with Gasteiger partial charge in [-0.3, -0.25) is 0 Å². The van der Waals surface area contributed by atoms with Crippen LogP contribution in [0, 0.1) is 0 Å². The second kappa shape index (κ2) is 12.1. The molecule has 0 aliphatic heterocycles. The van der Waals surface area contributed by atoms with E-state index in [2.05, 4.69) is 169 Å². The molecule has 54 heavy (non-hydrogen) atoms. The van der Waals surface area contributed by atoms with Crippen molar-refractivity contribution in [3.63, 3.8) is 0 Å². The highest BCUT2D eigenvalue weighted by Crippen LogP contribution is 2.38. The van der Waals surface area contributed by atoms with Gasteiger partial charge >= 0.3 is 0 Å². The predicted molar refractivity (Wildman–Crippen MR) is 225 cm³/mol. The van der Waals surface area contributed by atoms with Gasteiger partial charge in [-0.25, -0.2) is 0 Å². The van der Waals surface area contributed by atoms with E-state index >= 15 is 0 Å². The zero-order valence-electron chi connectivity index (χ0n) is 29.8. The Balaban J connectivity index is 0.970. The molecule has 0 fully saturated rings. The first-order valence-corrected chi connectivity index (χ1v) is 18.8. The maximum atomic E-state index is 6.41. The van der Waals surface area contributed by atoms with E-state index in [1.165, 1.54) is 60.8 Å². The van der Waals surface area contributed by atoms with Crippen LogP contribution in [-0.4, -0.2) is 4.57 Å². The maximum Gasteiger partial charge on any atom is 0.135 e. The van der Waals surface area contributed by atoms with Crippen molar-refractivity contribution in [2.24, 2.45) is 0 Å². The smallest absolute Gasteiger partial charge is 0.135 e. The number of rotatable bonds is 6. The average Bonchev–Trinajstić information content (AvgIpc) is 3.89. The van der Waals surface area contributed by atoms with Gasteiger partial charge in [0.25, 0.3) is 0 Å². The number of fused-ring (bicyclic) bond motifs is 9. The van der Waals surface area contributed by atoms with Gasteiger partial charge in [-0.15, -0.1) is 0 Å². The first kappa shape index (κ1) is 30.8. The van der Waals surface area contributed by atoms with Gasteiger partial charge in [-0.05, 0) is 112 Å². The minimum Gasteiger partial charge on any atom is -0.456 e. The molecule has 0 radical (unpaired) electrons. The lowest BCUT2D eigenvalue weighted by molar-refractivity contribution is 0.668. The number of furan rings is 2. The van der Waals surface area contributed by atoms with Crippen LogP contribution < -0.4 is 0 Å². The molecule has 0 bridgehead atoms. The van der Waals surface area contributed by atoms with E-state index in [0.29, 0.717) is 0 Å². The Morgan fingerprint density at radius 1 is 0.370 bits per heavy atom. The van der Waals surface area contributed by atoms with Gasteiger partial charge < -0.3 is 13.4 Å². The summed E-state index contributed by atoms with van der Waals surface area (Å²) >= 11 is 0. The first-order chi connectivity index (χ1) is 26.7. The molecule has 11 rings (SSSR count). The minimum atomic E-state index is 0.826. The van der Waals surface area contributed by atoms with Crippen molar-refractivity contribution in [1.82, 2.24) is 4.57 Å². The van der Waals surface area contributed by atoms with Crippen molar-refractivity contribution < 1.29 is 8.83 Å². The topological polar surface area (TPSA) is 31.2 Å². The van der Waals surface area contributed by atoms with E-state index in [1.807, 2.05) is 12.1 Å². The van der Waals surface area contributed by atoms with E-state index in [0.717, 1.165) is 62.4 Å². The molecule has 256 valence electrons. The Labute approximate surface area is 312 Å². The summed E-state index contributed by atoms with van der Waals surface area (Å²) in [5, 5.41) is 7.04. The Hall–Kier alpha value is -6.84. The molecule has 0 aliphatic rings. The van der Waals surface area contributed by atoms with Crippen molar-refractivity contribution in [1.29, 1.82) is 0 Å². The largest absolute Gasteiger partial charge is 0.456 e. The Morgan fingerprint density at radius 3 is 1.87 bits per heavy atom. The zero-order chi connectivity index (χ0) is 35.8.